The quantitative estimate of drug-likeness (QED) is 0.265. The van der Waals surface area contributed by atoms with Gasteiger partial charge in [-0.1, -0.05) is 23.7 Å². The molecule has 0 aliphatic carbocycles. The molecular weight excluding hydrogens is 456 g/mol. The molecule has 172 valence electrons. The third-order valence-electron chi connectivity index (χ3n) is 5.22. The molecule has 0 aliphatic heterocycles. The Kier molecular flexibility index (Phi) is 6.60. The van der Waals surface area contributed by atoms with Crippen LogP contribution in [0.3, 0.4) is 0 Å². The molecule has 0 bridgehead atoms. The van der Waals surface area contributed by atoms with Gasteiger partial charge in [-0.05, 0) is 67.9 Å². The smallest absolute Gasteiger partial charge is 0.269 e. The number of hydrogen-bond donors (Lipinski definition) is 1. The molecule has 8 nitrogen and oxygen atoms in total. The van der Waals surface area contributed by atoms with Crippen molar-refractivity contribution < 1.29 is 14.5 Å². The number of carbonyl (C=O) groups is 1. The monoisotopic (exact) mass is 476 g/mol. The lowest BCUT2D eigenvalue weighted by molar-refractivity contribution is -0.384. The molecule has 0 aliphatic rings. The van der Waals surface area contributed by atoms with Gasteiger partial charge in [-0.25, -0.2) is 4.68 Å². The van der Waals surface area contributed by atoms with E-state index in [-0.39, 0.29) is 18.2 Å². The first-order chi connectivity index (χ1) is 16.3. The molecule has 3 aromatic carbocycles. The lowest BCUT2D eigenvalue weighted by Crippen LogP contribution is -2.12. The predicted molar refractivity (Wildman–Crippen MR) is 130 cm³/mol. The van der Waals surface area contributed by atoms with Crippen molar-refractivity contribution in [2.24, 2.45) is 0 Å². The summed E-state index contributed by atoms with van der Waals surface area (Å²) < 4.78 is 7.44. The maximum Gasteiger partial charge on any atom is 0.269 e. The van der Waals surface area contributed by atoms with Gasteiger partial charge in [0.25, 0.3) is 11.6 Å². The third kappa shape index (κ3) is 5.07. The number of ether oxygens (including phenoxy) is 1. The number of amides is 1. The van der Waals surface area contributed by atoms with Gasteiger partial charge in [0.2, 0.25) is 0 Å². The van der Waals surface area contributed by atoms with Crippen LogP contribution in [0.2, 0.25) is 5.02 Å². The molecule has 0 atom stereocenters. The fourth-order valence-electron chi connectivity index (χ4n) is 3.39. The van der Waals surface area contributed by atoms with E-state index in [1.807, 2.05) is 26.0 Å². The van der Waals surface area contributed by atoms with E-state index in [9.17, 15) is 14.9 Å². The van der Waals surface area contributed by atoms with Crippen LogP contribution in [0.25, 0.3) is 5.69 Å². The van der Waals surface area contributed by atoms with Crippen molar-refractivity contribution in [3.8, 4) is 11.4 Å². The molecule has 0 saturated carbocycles. The van der Waals surface area contributed by atoms with E-state index in [2.05, 4.69) is 10.4 Å². The second-order valence-corrected chi connectivity index (χ2v) is 8.02. The van der Waals surface area contributed by atoms with Crippen molar-refractivity contribution in [3.05, 3.63) is 110 Å². The van der Waals surface area contributed by atoms with Crippen LogP contribution in [0.15, 0.2) is 72.8 Å². The lowest BCUT2D eigenvalue weighted by Gasteiger charge is -2.09. The number of halogens is 1. The van der Waals surface area contributed by atoms with Crippen LogP contribution >= 0.6 is 11.6 Å². The predicted octanol–water partition coefficient (Wildman–Crippen LogP) is 5.88. The van der Waals surface area contributed by atoms with Crippen molar-refractivity contribution in [3.63, 3.8) is 0 Å². The van der Waals surface area contributed by atoms with Gasteiger partial charge in [-0.15, -0.1) is 0 Å². The first kappa shape index (κ1) is 23.0. The summed E-state index contributed by atoms with van der Waals surface area (Å²) in [5, 5.41) is 18.8. The average molecular weight is 477 g/mol. The SMILES string of the molecule is Cc1nn(-c2ccc(NC(=O)c3ccc(OCc4cccc([N+](=O)[O-])c4)cc3)cc2)c(C)c1Cl. The van der Waals surface area contributed by atoms with Crippen LogP contribution in [-0.4, -0.2) is 20.6 Å². The highest BCUT2D eigenvalue weighted by atomic mass is 35.5. The van der Waals surface area contributed by atoms with Crippen LogP contribution in [0.1, 0.15) is 27.3 Å². The van der Waals surface area contributed by atoms with Gasteiger partial charge in [-0.3, -0.25) is 14.9 Å². The maximum atomic E-state index is 12.6. The minimum Gasteiger partial charge on any atom is -0.489 e. The number of non-ortho nitro benzene ring substituents is 1. The minimum absolute atomic E-state index is 0.0137. The number of carbonyl (C=O) groups excluding carboxylic acids is 1. The molecule has 4 aromatic rings. The Morgan fingerprint density at radius 2 is 1.79 bits per heavy atom. The first-order valence-electron chi connectivity index (χ1n) is 10.4. The number of aromatic nitrogens is 2. The van der Waals surface area contributed by atoms with Gasteiger partial charge < -0.3 is 10.1 Å². The van der Waals surface area contributed by atoms with E-state index in [1.54, 1.807) is 53.2 Å². The number of anilines is 1. The topological polar surface area (TPSA) is 99.3 Å². The standard InChI is InChI=1S/C25H21ClN4O4/c1-16-24(26)17(2)29(28-16)21-10-8-20(9-11-21)27-25(31)19-6-12-23(13-7-19)34-15-18-4-3-5-22(14-18)30(32)33/h3-14H,15H2,1-2H3,(H,27,31). The molecule has 0 saturated heterocycles. The highest BCUT2D eigenvalue weighted by Crippen LogP contribution is 2.23. The van der Waals surface area contributed by atoms with Gasteiger partial charge in [-0.2, -0.15) is 5.10 Å². The summed E-state index contributed by atoms with van der Waals surface area (Å²) >= 11 is 6.22. The summed E-state index contributed by atoms with van der Waals surface area (Å²) in [6.45, 7) is 3.93. The molecule has 0 radical (unpaired) electrons. The van der Waals surface area contributed by atoms with Crippen LogP contribution in [0.5, 0.6) is 5.75 Å². The lowest BCUT2D eigenvalue weighted by atomic mass is 10.2. The van der Waals surface area contributed by atoms with E-state index in [0.717, 1.165) is 17.1 Å². The normalized spacial score (nSPS) is 10.7. The number of nitrogens with zero attached hydrogens (tertiary/aromatic N) is 3. The highest BCUT2D eigenvalue weighted by molar-refractivity contribution is 6.31. The molecule has 1 heterocycles. The summed E-state index contributed by atoms with van der Waals surface area (Å²) in [5.41, 5.74) is 4.26. The van der Waals surface area contributed by atoms with Crippen molar-refractivity contribution in [2.75, 3.05) is 5.32 Å². The summed E-state index contributed by atoms with van der Waals surface area (Å²) in [6.07, 6.45) is 0. The van der Waals surface area contributed by atoms with Crippen molar-refractivity contribution in [1.29, 1.82) is 0 Å². The first-order valence-corrected chi connectivity index (χ1v) is 10.8. The Labute approximate surface area is 200 Å². The van der Waals surface area contributed by atoms with E-state index in [4.69, 9.17) is 16.3 Å². The van der Waals surface area contributed by atoms with Gasteiger partial charge in [0.05, 0.1) is 27.0 Å². The van der Waals surface area contributed by atoms with Crippen molar-refractivity contribution in [2.45, 2.75) is 20.5 Å². The Morgan fingerprint density at radius 3 is 2.41 bits per heavy atom. The largest absolute Gasteiger partial charge is 0.489 e. The third-order valence-corrected chi connectivity index (χ3v) is 5.76. The van der Waals surface area contributed by atoms with E-state index in [0.29, 0.717) is 27.6 Å². The van der Waals surface area contributed by atoms with Gasteiger partial charge in [0, 0.05) is 23.4 Å². The zero-order valence-corrected chi connectivity index (χ0v) is 19.2. The molecule has 1 N–H and O–H groups in total. The zero-order chi connectivity index (χ0) is 24.2. The molecule has 0 fully saturated rings. The molecular formula is C25H21ClN4O4. The van der Waals surface area contributed by atoms with Gasteiger partial charge in [0.15, 0.2) is 0 Å². The number of rotatable bonds is 7. The summed E-state index contributed by atoms with van der Waals surface area (Å²) in [6, 6.07) is 20.3. The second kappa shape index (κ2) is 9.76. The van der Waals surface area contributed by atoms with Gasteiger partial charge >= 0.3 is 0 Å². The number of nitro groups is 1. The maximum absolute atomic E-state index is 12.6. The summed E-state index contributed by atoms with van der Waals surface area (Å²) in [5.74, 6) is 0.295. The Bertz CT molecular complexity index is 1350. The number of nitrogens with one attached hydrogen (secondary N) is 1. The van der Waals surface area contributed by atoms with Gasteiger partial charge in [0.1, 0.15) is 12.4 Å². The average Bonchev–Trinajstić information content (AvgIpc) is 3.11. The van der Waals surface area contributed by atoms with Crippen LogP contribution in [0, 0.1) is 24.0 Å². The summed E-state index contributed by atoms with van der Waals surface area (Å²) in [7, 11) is 0. The molecule has 0 spiro atoms. The minimum atomic E-state index is -0.445. The Hall–Kier alpha value is -4.17. The highest BCUT2D eigenvalue weighted by Gasteiger charge is 2.12. The van der Waals surface area contributed by atoms with Crippen LogP contribution < -0.4 is 10.1 Å². The fourth-order valence-corrected chi connectivity index (χ4v) is 3.51. The van der Waals surface area contributed by atoms with Crippen LogP contribution in [0.4, 0.5) is 11.4 Å². The second-order valence-electron chi connectivity index (χ2n) is 7.64. The number of nitro benzene ring substituents is 1. The van der Waals surface area contributed by atoms with E-state index in [1.165, 1.54) is 12.1 Å². The molecule has 4 rings (SSSR count). The van der Waals surface area contributed by atoms with E-state index < -0.39 is 4.92 Å². The molecule has 34 heavy (non-hydrogen) atoms. The molecule has 1 amide bonds. The van der Waals surface area contributed by atoms with Crippen molar-refractivity contribution in [1.82, 2.24) is 9.78 Å². The molecule has 1 aromatic heterocycles. The zero-order valence-electron chi connectivity index (χ0n) is 18.5. The number of aryl methyl sites for hydroxylation is 1. The number of hydrogen-bond acceptors (Lipinski definition) is 5. The number of benzene rings is 3. The Morgan fingerprint density at radius 1 is 1.09 bits per heavy atom. The Balaban J connectivity index is 1.37. The summed E-state index contributed by atoms with van der Waals surface area (Å²) in [4.78, 5) is 23.1. The molecule has 0 unspecified atom stereocenters. The molecule has 9 heteroatoms. The van der Waals surface area contributed by atoms with Crippen LogP contribution in [-0.2, 0) is 6.61 Å². The van der Waals surface area contributed by atoms with E-state index >= 15 is 0 Å². The van der Waals surface area contributed by atoms with Crippen molar-refractivity contribution >= 4 is 28.9 Å². The fraction of sp³-hybridized carbons (Fsp3) is 0.120.